The maximum atomic E-state index is 14.4. The average Bonchev–Trinajstić information content (AvgIpc) is 2.71. The lowest BCUT2D eigenvalue weighted by atomic mass is 9.68. The smallest absolute Gasteiger partial charge is 0.131 e. The normalized spacial score (nSPS) is 28.2. The predicted octanol–water partition coefficient (Wildman–Crippen LogP) is 7.55. The van der Waals surface area contributed by atoms with E-state index in [0.717, 1.165) is 36.2 Å². The monoisotopic (exact) mass is 390 g/mol. The van der Waals surface area contributed by atoms with Crippen molar-refractivity contribution < 1.29 is 13.5 Å². The van der Waals surface area contributed by atoms with Gasteiger partial charge < -0.3 is 4.74 Å². The first-order chi connectivity index (χ1) is 13.6. The third-order valence-electron chi connectivity index (χ3n) is 7.14. The van der Waals surface area contributed by atoms with E-state index in [4.69, 9.17) is 4.74 Å². The van der Waals surface area contributed by atoms with Gasteiger partial charge in [0.15, 0.2) is 0 Å². The second-order valence-electron chi connectivity index (χ2n) is 8.95. The summed E-state index contributed by atoms with van der Waals surface area (Å²) in [5.41, 5.74) is 0.857. The Balaban J connectivity index is 1.53. The molecule has 1 nitrogen and oxygen atoms in total. The molecule has 0 spiro atoms. The molecule has 1 aromatic carbocycles. The van der Waals surface area contributed by atoms with E-state index in [1.54, 1.807) is 6.08 Å². The highest BCUT2D eigenvalue weighted by Gasteiger charge is 2.31. The minimum absolute atomic E-state index is 0.0307. The summed E-state index contributed by atoms with van der Waals surface area (Å²) >= 11 is 0. The molecule has 3 heteroatoms. The minimum Gasteiger partial charge on any atom is -0.373 e. The van der Waals surface area contributed by atoms with Gasteiger partial charge in [0.05, 0.1) is 13.2 Å². The van der Waals surface area contributed by atoms with Crippen LogP contribution in [-0.4, -0.2) is 6.61 Å². The number of rotatable bonds is 8. The van der Waals surface area contributed by atoms with Crippen LogP contribution in [0.5, 0.6) is 0 Å². The number of halogens is 2. The molecule has 0 aromatic heterocycles. The lowest BCUT2D eigenvalue weighted by Gasteiger charge is -2.38. The molecule has 0 radical (unpaired) electrons. The van der Waals surface area contributed by atoms with Gasteiger partial charge in [-0.25, -0.2) is 8.78 Å². The van der Waals surface area contributed by atoms with Crippen molar-refractivity contribution in [2.45, 2.75) is 83.7 Å². The van der Waals surface area contributed by atoms with Gasteiger partial charge in [-0.05, 0) is 79.9 Å². The summed E-state index contributed by atoms with van der Waals surface area (Å²) in [6.07, 6.45) is 14.4. The number of benzene rings is 1. The number of hydrogen-bond donors (Lipinski definition) is 0. The Hall–Kier alpha value is -1.22. The van der Waals surface area contributed by atoms with Gasteiger partial charge in [0.2, 0.25) is 0 Å². The molecule has 0 N–H and O–H groups in total. The SMILES string of the molecule is C=CCOCc1c(F)cc([C@H]2CC[C@H]([C@H]3CC[C@H](CCC)CC3)CC2)cc1F. The second-order valence-corrected chi connectivity index (χ2v) is 8.95. The van der Waals surface area contributed by atoms with Crippen molar-refractivity contribution in [1.82, 2.24) is 0 Å². The van der Waals surface area contributed by atoms with Crippen molar-refractivity contribution >= 4 is 0 Å². The van der Waals surface area contributed by atoms with Crippen LogP contribution in [0.2, 0.25) is 0 Å². The highest BCUT2D eigenvalue weighted by atomic mass is 19.1. The summed E-state index contributed by atoms with van der Waals surface area (Å²) in [4.78, 5) is 0. The fourth-order valence-corrected chi connectivity index (χ4v) is 5.52. The Morgan fingerprint density at radius 3 is 2.07 bits per heavy atom. The molecule has 1 aromatic rings. The van der Waals surface area contributed by atoms with Gasteiger partial charge in [0.1, 0.15) is 11.6 Å². The predicted molar refractivity (Wildman–Crippen MR) is 111 cm³/mol. The Labute approximate surface area is 169 Å². The molecule has 156 valence electrons. The lowest BCUT2D eigenvalue weighted by molar-refractivity contribution is 0.142. The molecule has 28 heavy (non-hydrogen) atoms. The third kappa shape index (κ3) is 5.43. The van der Waals surface area contributed by atoms with Gasteiger partial charge in [-0.3, -0.25) is 0 Å². The van der Waals surface area contributed by atoms with Crippen LogP contribution in [0.4, 0.5) is 8.78 Å². The van der Waals surface area contributed by atoms with Crippen molar-refractivity contribution in [3.05, 3.63) is 47.5 Å². The maximum Gasteiger partial charge on any atom is 0.131 e. The van der Waals surface area contributed by atoms with E-state index in [0.29, 0.717) is 12.5 Å². The van der Waals surface area contributed by atoms with Gasteiger partial charge in [0, 0.05) is 5.56 Å². The zero-order valence-corrected chi connectivity index (χ0v) is 17.4. The molecule has 2 aliphatic carbocycles. The Kier molecular flexibility index (Phi) is 8.08. The van der Waals surface area contributed by atoms with Gasteiger partial charge >= 0.3 is 0 Å². The van der Waals surface area contributed by atoms with Crippen LogP contribution in [-0.2, 0) is 11.3 Å². The molecule has 0 aliphatic heterocycles. The van der Waals surface area contributed by atoms with E-state index in [1.807, 2.05) is 0 Å². The standard InChI is InChI=1S/C25H36F2O/c1-3-5-18-6-8-19(9-7-18)20-10-12-21(13-11-20)22-15-24(26)23(25(27)16-22)17-28-14-4-2/h4,15-16,18-21H,2-3,5-14,17H2,1H3/t18-,19-,20-,21-. The van der Waals surface area contributed by atoms with Crippen LogP contribution in [0.15, 0.2) is 24.8 Å². The topological polar surface area (TPSA) is 9.23 Å². The van der Waals surface area contributed by atoms with Crippen LogP contribution in [0.25, 0.3) is 0 Å². The molecule has 0 saturated heterocycles. The molecule has 2 saturated carbocycles. The van der Waals surface area contributed by atoms with Crippen molar-refractivity contribution in [3.8, 4) is 0 Å². The zero-order chi connectivity index (χ0) is 19.9. The van der Waals surface area contributed by atoms with Crippen molar-refractivity contribution in [1.29, 1.82) is 0 Å². The van der Waals surface area contributed by atoms with E-state index < -0.39 is 11.6 Å². The average molecular weight is 391 g/mol. The zero-order valence-electron chi connectivity index (χ0n) is 17.4. The quantitative estimate of drug-likeness (QED) is 0.329. The van der Waals surface area contributed by atoms with Crippen LogP contribution in [0, 0.1) is 29.4 Å². The van der Waals surface area contributed by atoms with Crippen molar-refractivity contribution in [2.75, 3.05) is 6.61 Å². The fraction of sp³-hybridized carbons (Fsp3) is 0.680. The Bertz CT molecular complexity index is 602. The summed E-state index contributed by atoms with van der Waals surface area (Å²) in [7, 11) is 0. The highest BCUT2D eigenvalue weighted by molar-refractivity contribution is 5.28. The number of hydrogen-bond acceptors (Lipinski definition) is 1. The molecular weight excluding hydrogens is 354 g/mol. The minimum atomic E-state index is -0.476. The van der Waals surface area contributed by atoms with E-state index in [2.05, 4.69) is 13.5 Å². The maximum absolute atomic E-state index is 14.4. The number of ether oxygens (including phenoxy) is 1. The summed E-state index contributed by atoms with van der Waals surface area (Å²) in [5.74, 6) is 2.00. The van der Waals surface area contributed by atoms with E-state index >= 15 is 0 Å². The van der Waals surface area contributed by atoms with Crippen molar-refractivity contribution in [2.24, 2.45) is 17.8 Å². The highest BCUT2D eigenvalue weighted by Crippen LogP contribution is 2.44. The van der Waals surface area contributed by atoms with Gasteiger partial charge in [-0.2, -0.15) is 0 Å². The molecule has 3 rings (SSSR count). The second kappa shape index (κ2) is 10.5. The first-order valence-electron chi connectivity index (χ1n) is 11.3. The van der Waals surface area contributed by atoms with Crippen molar-refractivity contribution in [3.63, 3.8) is 0 Å². The molecule has 2 fully saturated rings. The first-order valence-corrected chi connectivity index (χ1v) is 11.3. The van der Waals surface area contributed by atoms with Crippen LogP contribution < -0.4 is 0 Å². The van der Waals surface area contributed by atoms with Crippen LogP contribution in [0.1, 0.15) is 88.2 Å². The van der Waals surface area contributed by atoms with E-state index in [1.165, 1.54) is 63.5 Å². The molecular formula is C25H36F2O. The van der Waals surface area contributed by atoms with Gasteiger partial charge in [0.25, 0.3) is 0 Å². The summed E-state index contributed by atoms with van der Waals surface area (Å²) in [6.45, 7) is 6.10. The van der Waals surface area contributed by atoms with Gasteiger partial charge in [-0.1, -0.05) is 38.7 Å². The van der Waals surface area contributed by atoms with Gasteiger partial charge in [-0.15, -0.1) is 6.58 Å². The molecule has 0 unspecified atom stereocenters. The third-order valence-corrected chi connectivity index (χ3v) is 7.14. The summed E-state index contributed by atoms with van der Waals surface area (Å²) in [6, 6.07) is 3.08. The Morgan fingerprint density at radius 2 is 1.54 bits per heavy atom. The molecule has 2 aliphatic rings. The Morgan fingerprint density at radius 1 is 0.964 bits per heavy atom. The van der Waals surface area contributed by atoms with Crippen LogP contribution >= 0.6 is 0 Å². The summed E-state index contributed by atoms with van der Waals surface area (Å²) < 4.78 is 34.1. The van der Waals surface area contributed by atoms with E-state index in [9.17, 15) is 8.78 Å². The van der Waals surface area contributed by atoms with Crippen LogP contribution in [0.3, 0.4) is 0 Å². The summed E-state index contributed by atoms with van der Waals surface area (Å²) in [5, 5.41) is 0. The van der Waals surface area contributed by atoms with E-state index in [-0.39, 0.29) is 12.2 Å². The fourth-order valence-electron chi connectivity index (χ4n) is 5.52. The molecule has 0 atom stereocenters. The molecule has 0 amide bonds. The first kappa shape index (κ1) is 21.5. The lowest BCUT2D eigenvalue weighted by Crippen LogP contribution is -2.25. The molecule has 0 bridgehead atoms. The molecule has 0 heterocycles. The largest absolute Gasteiger partial charge is 0.373 e.